The van der Waals surface area contributed by atoms with Crippen molar-refractivity contribution in [3.05, 3.63) is 11.6 Å². The summed E-state index contributed by atoms with van der Waals surface area (Å²) in [7, 11) is 0. The Bertz CT molecular complexity index is 486. The first-order valence-corrected chi connectivity index (χ1v) is 8.02. The minimum absolute atomic E-state index is 0.0284. The van der Waals surface area contributed by atoms with Gasteiger partial charge in [0.25, 0.3) is 0 Å². The van der Waals surface area contributed by atoms with Gasteiger partial charge in [0.2, 0.25) is 0 Å². The minimum Gasteiger partial charge on any atom is -0.394 e. The fourth-order valence-electron chi connectivity index (χ4n) is 2.95. The van der Waals surface area contributed by atoms with Crippen molar-refractivity contribution in [2.24, 2.45) is 5.92 Å². The molecule has 1 aliphatic heterocycles. The summed E-state index contributed by atoms with van der Waals surface area (Å²) in [4.78, 5) is 11.8. The van der Waals surface area contributed by atoms with E-state index in [2.05, 4.69) is 0 Å². The van der Waals surface area contributed by atoms with Crippen molar-refractivity contribution in [2.45, 2.75) is 63.0 Å². The maximum Gasteiger partial charge on any atom is 0.186 e. The van der Waals surface area contributed by atoms with Gasteiger partial charge in [0.05, 0.1) is 18.8 Å². The molecule has 8 nitrogen and oxygen atoms in total. The van der Waals surface area contributed by atoms with Crippen LogP contribution in [0.15, 0.2) is 11.6 Å². The van der Waals surface area contributed by atoms with Crippen LogP contribution in [0.4, 0.5) is 0 Å². The van der Waals surface area contributed by atoms with E-state index in [-0.39, 0.29) is 24.7 Å². The molecular formula is C16H26O8. The van der Waals surface area contributed by atoms with E-state index in [0.29, 0.717) is 12.0 Å². The van der Waals surface area contributed by atoms with Crippen LogP contribution in [-0.2, 0) is 14.3 Å². The van der Waals surface area contributed by atoms with Crippen LogP contribution in [0.3, 0.4) is 0 Å². The van der Waals surface area contributed by atoms with Crippen LogP contribution in [0.1, 0.15) is 26.7 Å². The Morgan fingerprint density at radius 2 is 1.96 bits per heavy atom. The molecule has 2 rings (SSSR count). The van der Waals surface area contributed by atoms with Crippen LogP contribution in [0, 0.1) is 5.92 Å². The van der Waals surface area contributed by atoms with E-state index in [1.54, 1.807) is 13.0 Å². The van der Waals surface area contributed by atoms with Crippen LogP contribution in [0.25, 0.3) is 0 Å². The van der Waals surface area contributed by atoms with Gasteiger partial charge in [0.1, 0.15) is 24.4 Å². The van der Waals surface area contributed by atoms with Crippen molar-refractivity contribution in [1.29, 1.82) is 0 Å². The van der Waals surface area contributed by atoms with Gasteiger partial charge in [0, 0.05) is 12.3 Å². The second-order valence-electron chi connectivity index (χ2n) is 6.81. The van der Waals surface area contributed by atoms with E-state index in [0.717, 1.165) is 0 Å². The lowest BCUT2D eigenvalue weighted by Gasteiger charge is -2.41. The number of aliphatic hydroxyl groups excluding tert-OH is 4. The van der Waals surface area contributed by atoms with Crippen molar-refractivity contribution in [1.82, 2.24) is 0 Å². The van der Waals surface area contributed by atoms with Gasteiger partial charge < -0.3 is 35.0 Å². The highest BCUT2D eigenvalue weighted by Crippen LogP contribution is 2.31. The number of ketones is 1. The Hall–Kier alpha value is -0.870. The third kappa shape index (κ3) is 4.02. The van der Waals surface area contributed by atoms with Crippen molar-refractivity contribution < 1.29 is 39.8 Å². The van der Waals surface area contributed by atoms with Crippen LogP contribution in [-0.4, -0.2) is 80.8 Å². The number of hydrogen-bond donors (Lipinski definition) is 5. The minimum atomic E-state index is -1.53. The van der Waals surface area contributed by atoms with Crippen LogP contribution in [0.2, 0.25) is 0 Å². The van der Waals surface area contributed by atoms with E-state index in [4.69, 9.17) is 14.6 Å². The number of Topliss-reactive ketones (excluding diaryl/α,β-unsaturated/α-hetero) is 1. The molecule has 1 saturated heterocycles. The summed E-state index contributed by atoms with van der Waals surface area (Å²) >= 11 is 0. The summed E-state index contributed by atoms with van der Waals surface area (Å²) in [6.45, 7) is 2.48. The topological polar surface area (TPSA) is 137 Å². The number of rotatable bonds is 5. The number of carbonyl (C=O) groups is 1. The number of aliphatic hydroxyl groups is 5. The molecule has 0 bridgehead atoms. The molecule has 7 atom stereocenters. The van der Waals surface area contributed by atoms with Crippen molar-refractivity contribution >= 4 is 5.78 Å². The molecule has 2 aliphatic rings. The predicted molar refractivity (Wildman–Crippen MR) is 81.8 cm³/mol. The Morgan fingerprint density at radius 1 is 1.29 bits per heavy atom. The zero-order valence-corrected chi connectivity index (χ0v) is 13.8. The van der Waals surface area contributed by atoms with Gasteiger partial charge in [-0.1, -0.05) is 6.08 Å². The molecule has 0 saturated carbocycles. The fourth-order valence-corrected chi connectivity index (χ4v) is 2.95. The molecule has 0 amide bonds. The largest absolute Gasteiger partial charge is 0.394 e. The average Bonchev–Trinajstić information content (AvgIpc) is 2.54. The van der Waals surface area contributed by atoms with E-state index < -0.39 is 42.9 Å². The highest BCUT2D eigenvalue weighted by Gasteiger charge is 2.45. The number of carbonyl (C=O) groups excluding carboxylic acids is 1. The Labute approximate surface area is 140 Å². The molecule has 0 aromatic rings. The van der Waals surface area contributed by atoms with E-state index in [1.165, 1.54) is 6.92 Å². The molecule has 5 N–H and O–H groups in total. The lowest BCUT2D eigenvalue weighted by atomic mass is 9.78. The normalized spacial score (nSPS) is 40.1. The molecular weight excluding hydrogens is 320 g/mol. The molecule has 0 aromatic heterocycles. The number of allylic oxidation sites excluding steroid dienone is 2. The van der Waals surface area contributed by atoms with Gasteiger partial charge in [0.15, 0.2) is 12.1 Å². The maximum absolute atomic E-state index is 11.8. The Morgan fingerprint density at radius 3 is 2.54 bits per heavy atom. The van der Waals surface area contributed by atoms with Crippen LogP contribution < -0.4 is 0 Å². The van der Waals surface area contributed by atoms with Crippen molar-refractivity contribution in [2.75, 3.05) is 13.2 Å². The zero-order valence-electron chi connectivity index (χ0n) is 13.8. The number of ether oxygens (including phenoxy) is 2. The molecule has 0 aromatic carbocycles. The first-order valence-electron chi connectivity index (χ1n) is 8.02. The predicted octanol–water partition coefficient (Wildman–Crippen LogP) is -1.52. The van der Waals surface area contributed by atoms with Crippen molar-refractivity contribution in [3.63, 3.8) is 0 Å². The standard InChI is InChI=1S/C16H26O8/c1-8-3-4-9(5-10(8)18)16(2,22)7-23-15-14(21)13(20)12(19)11(6-17)24-15/h3,9,11-15,17,19-22H,4-7H2,1-2H3/t9-,11-,12-,13+,14-,15-,16+/m1/s1. The van der Waals surface area contributed by atoms with Crippen LogP contribution in [0.5, 0.6) is 0 Å². The van der Waals surface area contributed by atoms with Gasteiger partial charge in [-0.25, -0.2) is 0 Å². The monoisotopic (exact) mass is 346 g/mol. The summed E-state index contributed by atoms with van der Waals surface area (Å²) < 4.78 is 10.6. The summed E-state index contributed by atoms with van der Waals surface area (Å²) in [6, 6.07) is 0. The summed E-state index contributed by atoms with van der Waals surface area (Å²) in [5.41, 5.74) is -0.664. The zero-order chi connectivity index (χ0) is 18.1. The quantitative estimate of drug-likeness (QED) is 0.405. The molecule has 1 fully saturated rings. The van der Waals surface area contributed by atoms with E-state index in [1.807, 2.05) is 0 Å². The second-order valence-corrected chi connectivity index (χ2v) is 6.81. The second kappa shape index (κ2) is 7.57. The summed E-state index contributed by atoms with van der Waals surface area (Å²) in [5, 5.41) is 49.1. The molecule has 0 radical (unpaired) electrons. The van der Waals surface area contributed by atoms with Gasteiger partial charge >= 0.3 is 0 Å². The summed E-state index contributed by atoms with van der Waals surface area (Å²) in [6.07, 6.45) is -4.38. The first-order chi connectivity index (χ1) is 11.2. The Kier molecular flexibility index (Phi) is 6.14. The molecule has 0 spiro atoms. The molecule has 8 heteroatoms. The fraction of sp³-hybridized carbons (Fsp3) is 0.812. The lowest BCUT2D eigenvalue weighted by molar-refractivity contribution is -0.309. The smallest absolute Gasteiger partial charge is 0.186 e. The first kappa shape index (κ1) is 19.5. The molecule has 0 unspecified atom stereocenters. The highest BCUT2D eigenvalue weighted by atomic mass is 16.7. The van der Waals surface area contributed by atoms with Gasteiger partial charge in [-0.2, -0.15) is 0 Å². The van der Waals surface area contributed by atoms with Gasteiger partial charge in [-0.15, -0.1) is 0 Å². The van der Waals surface area contributed by atoms with Crippen molar-refractivity contribution in [3.8, 4) is 0 Å². The lowest BCUT2D eigenvalue weighted by Crippen LogP contribution is -2.59. The molecule has 1 heterocycles. The molecule has 24 heavy (non-hydrogen) atoms. The third-order valence-corrected chi connectivity index (χ3v) is 4.85. The Balaban J connectivity index is 1.97. The summed E-state index contributed by atoms with van der Waals surface area (Å²) in [5.74, 6) is -0.363. The molecule has 138 valence electrons. The van der Waals surface area contributed by atoms with E-state index in [9.17, 15) is 25.2 Å². The highest BCUT2D eigenvalue weighted by molar-refractivity contribution is 5.95. The maximum atomic E-state index is 11.8. The van der Waals surface area contributed by atoms with Crippen LogP contribution >= 0.6 is 0 Å². The van der Waals surface area contributed by atoms with Gasteiger partial charge in [-0.05, 0) is 25.8 Å². The third-order valence-electron chi connectivity index (χ3n) is 4.85. The molecule has 1 aliphatic carbocycles. The number of hydrogen-bond acceptors (Lipinski definition) is 8. The van der Waals surface area contributed by atoms with E-state index >= 15 is 0 Å². The average molecular weight is 346 g/mol. The van der Waals surface area contributed by atoms with Gasteiger partial charge in [-0.3, -0.25) is 4.79 Å². The SMILES string of the molecule is CC1=CC[C@@H]([C@@](C)(O)CO[C@@H]2O[C@H](CO)[C@@H](O)[C@H](O)[C@H]2O)CC1=O.